The van der Waals surface area contributed by atoms with Crippen molar-refractivity contribution in [1.29, 1.82) is 0 Å². The molecule has 4 rings (SSSR count). The predicted octanol–water partition coefficient (Wildman–Crippen LogP) is 3.37. The monoisotopic (exact) mass is 370 g/mol. The molecule has 1 saturated heterocycles. The molecule has 2 aromatic rings. The van der Waals surface area contributed by atoms with E-state index in [1.54, 1.807) is 6.07 Å². The Kier molecular flexibility index (Phi) is 4.74. The third-order valence-corrected chi connectivity index (χ3v) is 5.36. The van der Waals surface area contributed by atoms with E-state index in [9.17, 15) is 18.7 Å². The second-order valence-electron chi connectivity index (χ2n) is 7.40. The number of fused-ring (bicyclic) bond motifs is 1. The van der Waals surface area contributed by atoms with Crippen molar-refractivity contribution in [2.24, 2.45) is 11.8 Å². The van der Waals surface area contributed by atoms with Gasteiger partial charge in [-0.1, -0.05) is 17.7 Å². The first-order valence-electron chi connectivity index (χ1n) is 9.02. The fourth-order valence-corrected chi connectivity index (χ4v) is 4.11. The molecular weight excluding hydrogens is 350 g/mol. The Morgan fingerprint density at radius 1 is 1.19 bits per heavy atom. The second kappa shape index (κ2) is 7.19. The minimum atomic E-state index is -0.820. The summed E-state index contributed by atoms with van der Waals surface area (Å²) < 4.78 is 26.4. The number of nitrogens with zero attached hydrogens (tertiary/aromatic N) is 2. The van der Waals surface area contributed by atoms with Crippen molar-refractivity contribution in [3.63, 3.8) is 0 Å². The van der Waals surface area contributed by atoms with E-state index in [0.29, 0.717) is 30.5 Å². The number of Topliss-reactive ketones (excluding diaryl/α,β-unsaturated/α-hetero) is 1. The quantitative estimate of drug-likeness (QED) is 0.648. The van der Waals surface area contributed by atoms with E-state index in [-0.39, 0.29) is 11.5 Å². The predicted molar refractivity (Wildman–Crippen MR) is 96.4 cm³/mol. The molecule has 6 heteroatoms. The Morgan fingerprint density at radius 3 is 2.74 bits per heavy atom. The highest BCUT2D eigenvalue weighted by atomic mass is 19.2. The molecule has 27 heavy (non-hydrogen) atoms. The first-order valence-corrected chi connectivity index (χ1v) is 9.02. The molecule has 2 aliphatic rings. The van der Waals surface area contributed by atoms with Gasteiger partial charge in [0.05, 0.1) is 12.7 Å². The average Bonchev–Trinajstić information content (AvgIpc) is 3.16. The fourth-order valence-electron chi connectivity index (χ4n) is 4.11. The van der Waals surface area contributed by atoms with Gasteiger partial charge in [0.25, 0.3) is 0 Å². The van der Waals surface area contributed by atoms with Gasteiger partial charge in [-0.25, -0.2) is 13.8 Å². The lowest BCUT2D eigenvalue weighted by Crippen LogP contribution is -2.29. The van der Waals surface area contributed by atoms with Crippen LogP contribution < -0.4 is 0 Å². The Morgan fingerprint density at radius 2 is 2.04 bits per heavy atom. The lowest BCUT2D eigenvalue weighted by atomic mass is 9.98. The highest BCUT2D eigenvalue weighted by Gasteiger charge is 2.36. The van der Waals surface area contributed by atoms with E-state index < -0.39 is 11.6 Å². The maximum Gasteiger partial charge on any atom is 0.195 e. The summed E-state index contributed by atoms with van der Waals surface area (Å²) in [4.78, 5) is 18.4. The van der Waals surface area contributed by atoms with Gasteiger partial charge in [-0.2, -0.15) is 0 Å². The zero-order chi connectivity index (χ0) is 19.0. The van der Waals surface area contributed by atoms with Crippen molar-refractivity contribution in [3.05, 3.63) is 71.1 Å². The Bertz CT molecular complexity index is 896. The van der Waals surface area contributed by atoms with Crippen molar-refractivity contribution >= 4 is 5.78 Å². The summed E-state index contributed by atoms with van der Waals surface area (Å²) in [6.45, 7) is 1.97. The van der Waals surface area contributed by atoms with Gasteiger partial charge in [0.1, 0.15) is 11.4 Å². The number of halogens is 2. The van der Waals surface area contributed by atoms with Gasteiger partial charge in [0.15, 0.2) is 17.4 Å². The van der Waals surface area contributed by atoms with E-state index >= 15 is 0 Å². The van der Waals surface area contributed by atoms with Crippen molar-refractivity contribution in [2.45, 2.75) is 12.8 Å². The SMILES string of the molecule is O=C(CN1C[C@H]2CC(Cc3ccc(F)c(F)c3)=C[C@H]2C1)c1ccc(O)cn1. The molecule has 1 fully saturated rings. The molecule has 1 aliphatic carbocycles. The Hall–Kier alpha value is -2.60. The van der Waals surface area contributed by atoms with Crippen LogP contribution in [0, 0.1) is 23.5 Å². The van der Waals surface area contributed by atoms with E-state index in [1.807, 2.05) is 0 Å². The molecule has 1 aromatic carbocycles. The number of aromatic nitrogens is 1. The first-order chi connectivity index (χ1) is 13.0. The number of carbonyl (C=O) groups excluding carboxylic acids is 1. The van der Waals surface area contributed by atoms with Crippen LogP contribution in [0.25, 0.3) is 0 Å². The third kappa shape index (κ3) is 3.90. The summed E-state index contributed by atoms with van der Waals surface area (Å²) in [6, 6.07) is 7.06. The van der Waals surface area contributed by atoms with Gasteiger partial charge in [-0.3, -0.25) is 9.69 Å². The van der Waals surface area contributed by atoms with Crippen LogP contribution in [0.4, 0.5) is 8.78 Å². The zero-order valence-corrected chi connectivity index (χ0v) is 14.7. The topological polar surface area (TPSA) is 53.4 Å². The zero-order valence-electron chi connectivity index (χ0n) is 14.7. The van der Waals surface area contributed by atoms with Gasteiger partial charge in [-0.15, -0.1) is 0 Å². The summed E-state index contributed by atoms with van der Waals surface area (Å²) in [6.07, 6.45) is 5.07. The van der Waals surface area contributed by atoms with E-state index in [1.165, 1.54) is 36.0 Å². The normalized spacial score (nSPS) is 21.9. The number of benzene rings is 1. The van der Waals surface area contributed by atoms with Crippen LogP contribution in [0.1, 0.15) is 22.5 Å². The highest BCUT2D eigenvalue weighted by molar-refractivity contribution is 5.95. The van der Waals surface area contributed by atoms with Crippen LogP contribution in [-0.4, -0.2) is 40.4 Å². The maximum absolute atomic E-state index is 13.4. The van der Waals surface area contributed by atoms with Crippen molar-refractivity contribution in [1.82, 2.24) is 9.88 Å². The number of likely N-dealkylation sites (tertiary alicyclic amines) is 1. The molecule has 140 valence electrons. The van der Waals surface area contributed by atoms with E-state index in [4.69, 9.17) is 0 Å². The third-order valence-electron chi connectivity index (χ3n) is 5.36. The largest absolute Gasteiger partial charge is 0.506 e. The molecule has 1 aromatic heterocycles. The number of pyridine rings is 1. The molecule has 0 saturated carbocycles. The van der Waals surface area contributed by atoms with Crippen LogP contribution in [-0.2, 0) is 6.42 Å². The van der Waals surface area contributed by atoms with Gasteiger partial charge < -0.3 is 5.11 Å². The van der Waals surface area contributed by atoms with Gasteiger partial charge in [-0.05, 0) is 54.5 Å². The van der Waals surface area contributed by atoms with Crippen molar-refractivity contribution < 1.29 is 18.7 Å². The molecule has 2 heterocycles. The second-order valence-corrected chi connectivity index (χ2v) is 7.40. The summed E-state index contributed by atoms with van der Waals surface area (Å²) in [5, 5.41) is 9.26. The van der Waals surface area contributed by atoms with Crippen LogP contribution in [0.2, 0.25) is 0 Å². The molecule has 0 spiro atoms. The molecule has 0 amide bonds. The smallest absolute Gasteiger partial charge is 0.195 e. The number of aromatic hydroxyl groups is 1. The van der Waals surface area contributed by atoms with Gasteiger partial charge in [0, 0.05) is 13.1 Å². The molecular formula is C21H20F2N2O2. The van der Waals surface area contributed by atoms with Crippen LogP contribution in [0.15, 0.2) is 48.2 Å². The highest BCUT2D eigenvalue weighted by Crippen LogP contribution is 2.38. The summed E-state index contributed by atoms with van der Waals surface area (Å²) in [5.74, 6) is -0.781. The summed E-state index contributed by atoms with van der Waals surface area (Å²) in [7, 11) is 0. The molecule has 0 bridgehead atoms. The van der Waals surface area contributed by atoms with Crippen LogP contribution in [0.5, 0.6) is 5.75 Å². The molecule has 4 nitrogen and oxygen atoms in total. The van der Waals surface area contributed by atoms with E-state index in [2.05, 4.69) is 16.0 Å². The number of allylic oxidation sites excluding steroid dienone is 1. The number of hydrogen-bond donors (Lipinski definition) is 1. The molecule has 2 atom stereocenters. The van der Waals surface area contributed by atoms with E-state index in [0.717, 1.165) is 25.1 Å². The molecule has 1 N–H and O–H groups in total. The van der Waals surface area contributed by atoms with Crippen LogP contribution in [0.3, 0.4) is 0 Å². The standard InChI is InChI=1S/C21H20F2N2O2/c22-18-3-1-13(8-19(18)23)5-14-6-15-10-25(11-16(15)7-14)12-21(27)20-4-2-17(26)9-24-20/h1-4,6,8-9,15-16,26H,5,7,10-12H2/t15-,16+/m0/s1. The average molecular weight is 370 g/mol. The number of ketones is 1. The van der Waals surface area contributed by atoms with Gasteiger partial charge >= 0.3 is 0 Å². The van der Waals surface area contributed by atoms with Crippen molar-refractivity contribution in [3.8, 4) is 5.75 Å². The van der Waals surface area contributed by atoms with Crippen molar-refractivity contribution in [2.75, 3.05) is 19.6 Å². The minimum Gasteiger partial charge on any atom is -0.506 e. The number of carbonyl (C=O) groups is 1. The van der Waals surface area contributed by atoms with Crippen LogP contribution >= 0.6 is 0 Å². The molecule has 0 radical (unpaired) electrons. The Labute approximate surface area is 156 Å². The summed E-state index contributed by atoms with van der Waals surface area (Å²) >= 11 is 0. The Balaban J connectivity index is 1.34. The minimum absolute atomic E-state index is 0.0426. The molecule has 0 unspecified atom stereocenters. The fraction of sp³-hybridized carbons (Fsp3) is 0.333. The number of hydrogen-bond acceptors (Lipinski definition) is 4. The lowest BCUT2D eigenvalue weighted by Gasteiger charge is -2.15. The lowest BCUT2D eigenvalue weighted by molar-refractivity contribution is 0.0937. The molecule has 1 aliphatic heterocycles. The first kappa shape index (κ1) is 17.8. The number of rotatable bonds is 5. The van der Waals surface area contributed by atoms with Gasteiger partial charge in [0.2, 0.25) is 0 Å². The maximum atomic E-state index is 13.4. The summed E-state index contributed by atoms with van der Waals surface area (Å²) in [5.41, 5.74) is 2.40.